The average Bonchev–Trinajstić information content (AvgIpc) is 2.56. The highest BCUT2D eigenvalue weighted by molar-refractivity contribution is 5.84. The second-order valence-corrected chi connectivity index (χ2v) is 4.73. The molecular weight excluding hydrogens is 266 g/mol. The fourth-order valence-electron chi connectivity index (χ4n) is 1.91. The molecule has 1 saturated heterocycles. The van der Waals surface area contributed by atoms with Gasteiger partial charge in [0.1, 0.15) is 6.54 Å². The van der Waals surface area contributed by atoms with Crippen LogP contribution in [0.5, 0.6) is 0 Å². The number of amides is 3. The van der Waals surface area contributed by atoms with E-state index >= 15 is 0 Å². The number of rotatable bonds is 5. The molecule has 0 aromatic carbocycles. The van der Waals surface area contributed by atoms with Crippen LogP contribution in [0.4, 0.5) is 4.79 Å². The van der Waals surface area contributed by atoms with Crippen LogP contribution in [0, 0.1) is 0 Å². The number of carboxylic acids is 1. The summed E-state index contributed by atoms with van der Waals surface area (Å²) in [6, 6.07) is -0.374. The molecule has 1 unspecified atom stereocenters. The Morgan fingerprint density at radius 2 is 2.15 bits per heavy atom. The van der Waals surface area contributed by atoms with Crippen molar-refractivity contribution in [2.45, 2.75) is 18.9 Å². The van der Waals surface area contributed by atoms with Gasteiger partial charge in [-0.25, -0.2) is 4.79 Å². The summed E-state index contributed by atoms with van der Waals surface area (Å²) in [6.45, 7) is 1.27. The maximum Gasteiger partial charge on any atom is 0.317 e. The summed E-state index contributed by atoms with van der Waals surface area (Å²) in [5.74, 6) is -1.09. The van der Waals surface area contributed by atoms with E-state index < -0.39 is 12.1 Å². The van der Waals surface area contributed by atoms with E-state index in [9.17, 15) is 14.4 Å². The van der Waals surface area contributed by atoms with Gasteiger partial charge in [-0.3, -0.25) is 9.59 Å². The lowest BCUT2D eigenvalue weighted by atomic mass is 10.2. The first kappa shape index (κ1) is 16.2. The lowest BCUT2D eigenvalue weighted by molar-refractivity contribution is -0.139. The van der Waals surface area contributed by atoms with Crippen LogP contribution in [0.25, 0.3) is 0 Å². The van der Waals surface area contributed by atoms with E-state index in [0.29, 0.717) is 13.1 Å². The van der Waals surface area contributed by atoms with Crippen LogP contribution in [0.2, 0.25) is 0 Å². The summed E-state index contributed by atoms with van der Waals surface area (Å²) in [5.41, 5.74) is 0. The van der Waals surface area contributed by atoms with Gasteiger partial charge in [0.05, 0.1) is 12.5 Å². The fourth-order valence-corrected chi connectivity index (χ4v) is 1.91. The summed E-state index contributed by atoms with van der Waals surface area (Å²) in [6.07, 6.45) is -0.0430. The highest BCUT2D eigenvalue weighted by atomic mass is 16.5. The van der Waals surface area contributed by atoms with Crippen LogP contribution >= 0.6 is 0 Å². The van der Waals surface area contributed by atoms with Crippen molar-refractivity contribution >= 4 is 17.9 Å². The van der Waals surface area contributed by atoms with Crippen LogP contribution in [0.1, 0.15) is 12.8 Å². The molecule has 1 aliphatic heterocycles. The number of methoxy groups -OCH3 is 1. The average molecular weight is 287 g/mol. The van der Waals surface area contributed by atoms with Crippen molar-refractivity contribution in [3.63, 3.8) is 0 Å². The maximum atomic E-state index is 12.0. The standard InChI is InChI=1S/C12H21N3O5/c1-14-4-3-5-15(8-10(14)16)12(19)13-7-9(20-2)6-11(17)18/h9H,3-8H2,1-2H3,(H,13,19)(H,17,18). The molecule has 0 aromatic heterocycles. The van der Waals surface area contributed by atoms with E-state index in [4.69, 9.17) is 9.84 Å². The number of aliphatic carboxylic acids is 1. The van der Waals surface area contributed by atoms with Crippen molar-refractivity contribution in [3.05, 3.63) is 0 Å². The Kier molecular flexibility index (Phi) is 6.23. The van der Waals surface area contributed by atoms with Gasteiger partial charge in [-0.15, -0.1) is 0 Å². The third-order valence-corrected chi connectivity index (χ3v) is 3.18. The largest absolute Gasteiger partial charge is 0.481 e. The van der Waals surface area contributed by atoms with Gasteiger partial charge in [0.25, 0.3) is 0 Å². The van der Waals surface area contributed by atoms with Crippen LogP contribution < -0.4 is 5.32 Å². The van der Waals surface area contributed by atoms with Gasteiger partial charge in [-0.05, 0) is 6.42 Å². The lowest BCUT2D eigenvalue weighted by Gasteiger charge is -2.22. The maximum absolute atomic E-state index is 12.0. The zero-order valence-corrected chi connectivity index (χ0v) is 11.8. The SMILES string of the molecule is COC(CNC(=O)N1CCCN(C)C(=O)C1)CC(=O)O. The van der Waals surface area contributed by atoms with Crippen molar-refractivity contribution in [1.82, 2.24) is 15.1 Å². The van der Waals surface area contributed by atoms with Crippen molar-refractivity contribution < 1.29 is 24.2 Å². The van der Waals surface area contributed by atoms with E-state index in [1.807, 2.05) is 0 Å². The second-order valence-electron chi connectivity index (χ2n) is 4.73. The Morgan fingerprint density at radius 1 is 1.45 bits per heavy atom. The van der Waals surface area contributed by atoms with E-state index in [-0.39, 0.29) is 31.4 Å². The normalized spacial score (nSPS) is 17.6. The Morgan fingerprint density at radius 3 is 2.75 bits per heavy atom. The highest BCUT2D eigenvalue weighted by Crippen LogP contribution is 2.03. The molecule has 20 heavy (non-hydrogen) atoms. The molecule has 0 saturated carbocycles. The molecular formula is C12H21N3O5. The number of hydrogen-bond acceptors (Lipinski definition) is 4. The molecule has 114 valence electrons. The number of nitrogens with zero attached hydrogens (tertiary/aromatic N) is 2. The molecule has 0 aliphatic carbocycles. The monoisotopic (exact) mass is 287 g/mol. The van der Waals surface area contributed by atoms with Crippen molar-refractivity contribution in [3.8, 4) is 0 Å². The molecule has 1 fully saturated rings. The fraction of sp³-hybridized carbons (Fsp3) is 0.750. The number of urea groups is 1. The Hall–Kier alpha value is -1.83. The zero-order chi connectivity index (χ0) is 15.1. The van der Waals surface area contributed by atoms with Gasteiger partial charge in [0.15, 0.2) is 0 Å². The first-order chi connectivity index (χ1) is 9.43. The summed E-state index contributed by atoms with van der Waals surface area (Å²) >= 11 is 0. The molecule has 0 bridgehead atoms. The van der Waals surface area contributed by atoms with Gasteiger partial charge in [-0.2, -0.15) is 0 Å². The van der Waals surface area contributed by atoms with Gasteiger partial charge in [0, 0.05) is 33.8 Å². The topological polar surface area (TPSA) is 99.2 Å². The molecule has 0 aromatic rings. The molecule has 0 radical (unpaired) electrons. The minimum atomic E-state index is -0.988. The van der Waals surface area contributed by atoms with Gasteiger partial charge in [0.2, 0.25) is 5.91 Å². The van der Waals surface area contributed by atoms with Crippen LogP contribution in [-0.2, 0) is 14.3 Å². The van der Waals surface area contributed by atoms with Gasteiger partial charge in [-0.1, -0.05) is 0 Å². The van der Waals surface area contributed by atoms with E-state index in [0.717, 1.165) is 6.42 Å². The number of ether oxygens (including phenoxy) is 1. The summed E-state index contributed by atoms with van der Waals surface area (Å²) in [5, 5.41) is 11.3. The Balaban J connectivity index is 2.45. The predicted octanol–water partition coefficient (Wildman–Crippen LogP) is -0.650. The van der Waals surface area contributed by atoms with E-state index in [2.05, 4.69) is 5.32 Å². The lowest BCUT2D eigenvalue weighted by Crippen LogP contribution is -2.46. The first-order valence-electron chi connectivity index (χ1n) is 6.45. The van der Waals surface area contributed by atoms with E-state index in [1.165, 1.54) is 12.0 Å². The summed E-state index contributed by atoms with van der Waals surface area (Å²) in [4.78, 5) is 37.2. The predicted molar refractivity (Wildman–Crippen MR) is 70.3 cm³/mol. The highest BCUT2D eigenvalue weighted by Gasteiger charge is 2.23. The van der Waals surface area contributed by atoms with Gasteiger partial charge < -0.3 is 25.0 Å². The molecule has 1 heterocycles. The van der Waals surface area contributed by atoms with Crippen LogP contribution in [0.3, 0.4) is 0 Å². The summed E-state index contributed by atoms with van der Waals surface area (Å²) in [7, 11) is 3.10. The van der Waals surface area contributed by atoms with Crippen LogP contribution in [0.15, 0.2) is 0 Å². The van der Waals surface area contributed by atoms with Crippen molar-refractivity contribution in [2.24, 2.45) is 0 Å². The molecule has 1 atom stereocenters. The third kappa shape index (κ3) is 5.04. The Labute approximate surface area is 117 Å². The van der Waals surface area contributed by atoms with Gasteiger partial charge >= 0.3 is 12.0 Å². The minimum Gasteiger partial charge on any atom is -0.481 e. The Bertz CT molecular complexity index is 374. The third-order valence-electron chi connectivity index (χ3n) is 3.18. The van der Waals surface area contributed by atoms with Crippen molar-refractivity contribution in [1.29, 1.82) is 0 Å². The minimum absolute atomic E-state index is 0.0406. The molecule has 0 spiro atoms. The number of hydrogen-bond donors (Lipinski definition) is 2. The molecule has 1 aliphatic rings. The molecule has 8 heteroatoms. The molecule has 8 nitrogen and oxygen atoms in total. The van der Waals surface area contributed by atoms with Crippen LogP contribution in [-0.4, -0.2) is 79.3 Å². The smallest absolute Gasteiger partial charge is 0.317 e. The molecule has 1 rings (SSSR count). The second kappa shape index (κ2) is 7.68. The number of carboxylic acid groups (broad SMARTS) is 1. The molecule has 3 amide bonds. The molecule has 2 N–H and O–H groups in total. The summed E-state index contributed by atoms with van der Waals surface area (Å²) < 4.78 is 4.97. The quantitative estimate of drug-likeness (QED) is 0.700. The number of nitrogens with one attached hydrogen (secondary N) is 1. The number of carbonyl (C=O) groups is 3. The van der Waals surface area contributed by atoms with E-state index in [1.54, 1.807) is 11.9 Å². The first-order valence-corrected chi connectivity index (χ1v) is 6.45. The number of carbonyl (C=O) groups excluding carboxylic acids is 2. The number of likely N-dealkylation sites (N-methyl/N-ethyl adjacent to an activating group) is 1. The zero-order valence-electron chi connectivity index (χ0n) is 11.8. The van der Waals surface area contributed by atoms with Crippen molar-refractivity contribution in [2.75, 3.05) is 40.3 Å².